The van der Waals surface area contributed by atoms with Gasteiger partial charge in [-0.2, -0.15) is 0 Å². The fourth-order valence-corrected chi connectivity index (χ4v) is 7.02. The molecule has 184 valence electrons. The van der Waals surface area contributed by atoms with E-state index in [1.54, 1.807) is 11.3 Å². The Hall–Kier alpha value is -2.28. The van der Waals surface area contributed by atoms with Crippen LogP contribution in [0, 0.1) is 5.92 Å². The third kappa shape index (κ3) is 4.52. The van der Waals surface area contributed by atoms with Crippen LogP contribution in [-0.2, 0) is 13.0 Å². The summed E-state index contributed by atoms with van der Waals surface area (Å²) in [4.78, 5) is 15.3. The van der Waals surface area contributed by atoms with Crippen LogP contribution in [0.2, 0.25) is 0 Å². The van der Waals surface area contributed by atoms with Crippen LogP contribution in [0.25, 0.3) is 27.6 Å². The summed E-state index contributed by atoms with van der Waals surface area (Å²) >= 11 is 1.80. The summed E-state index contributed by atoms with van der Waals surface area (Å²) in [5.74, 6) is 1.28. The van der Waals surface area contributed by atoms with Crippen LogP contribution in [0.3, 0.4) is 0 Å². The number of aliphatic hydroxyl groups is 1. The molecule has 6 heteroatoms. The first-order valence-electron chi connectivity index (χ1n) is 13.2. The number of fused-ring (bicyclic) bond motifs is 2. The van der Waals surface area contributed by atoms with E-state index in [0.29, 0.717) is 5.92 Å². The number of thiophene rings is 1. The summed E-state index contributed by atoms with van der Waals surface area (Å²) in [5, 5.41) is 12.8. The smallest absolute Gasteiger partial charge is 0.226 e. The number of benzene rings is 1. The van der Waals surface area contributed by atoms with E-state index >= 15 is 0 Å². The van der Waals surface area contributed by atoms with Gasteiger partial charge < -0.3 is 10.0 Å². The monoisotopic (exact) mass is 488 g/mol. The second kappa shape index (κ2) is 9.30. The lowest BCUT2D eigenvalue weighted by atomic mass is 9.83. The number of anilines is 1. The van der Waals surface area contributed by atoms with Crippen molar-refractivity contribution in [2.24, 2.45) is 5.92 Å². The minimum absolute atomic E-state index is 0.380. The molecule has 0 spiro atoms. The Kier molecular flexibility index (Phi) is 6.15. The van der Waals surface area contributed by atoms with E-state index in [1.807, 2.05) is 13.8 Å². The van der Waals surface area contributed by atoms with Crippen LogP contribution in [0.5, 0.6) is 0 Å². The summed E-state index contributed by atoms with van der Waals surface area (Å²) in [5.41, 5.74) is 6.90. The van der Waals surface area contributed by atoms with Crippen molar-refractivity contribution in [2.45, 2.75) is 64.5 Å². The SMILES string of the molecule is CC(C)(O)C1CCN(Cc2csc3c(-c4cccc5c4C=CC5)nc(N4CCCCC4)nc23)CC1. The number of hydrogen-bond donors (Lipinski definition) is 1. The van der Waals surface area contributed by atoms with Gasteiger partial charge in [0, 0.05) is 30.8 Å². The fraction of sp³-hybridized carbons (Fsp3) is 0.517. The Bertz CT molecular complexity index is 1240. The van der Waals surface area contributed by atoms with Crippen LogP contribution >= 0.6 is 11.3 Å². The molecule has 1 aromatic carbocycles. The van der Waals surface area contributed by atoms with Crippen molar-refractivity contribution in [1.82, 2.24) is 14.9 Å². The standard InChI is InChI=1S/C29H36N4OS/c1-29(2,34)22-12-16-32(17-13-22)18-21-19-35-27-25(21)30-28(33-14-4-3-5-15-33)31-26(27)24-11-7-9-20-8-6-10-23(20)24/h6-7,9-11,19,22,34H,3-5,8,12-18H2,1-2H3. The average Bonchev–Trinajstić information content (AvgIpc) is 3.51. The van der Waals surface area contributed by atoms with Crippen molar-refractivity contribution in [2.75, 3.05) is 31.1 Å². The molecule has 2 saturated heterocycles. The molecule has 0 unspecified atom stereocenters. The quantitative estimate of drug-likeness (QED) is 0.485. The zero-order valence-corrected chi connectivity index (χ0v) is 21.8. The number of likely N-dealkylation sites (tertiary alicyclic amines) is 1. The van der Waals surface area contributed by atoms with Gasteiger partial charge in [0.1, 0.15) is 0 Å². The van der Waals surface area contributed by atoms with Gasteiger partial charge in [-0.15, -0.1) is 11.3 Å². The van der Waals surface area contributed by atoms with E-state index in [2.05, 4.69) is 45.5 Å². The first-order chi connectivity index (χ1) is 17.0. The van der Waals surface area contributed by atoms with Crippen molar-refractivity contribution < 1.29 is 5.11 Å². The van der Waals surface area contributed by atoms with Crippen molar-refractivity contribution in [3.63, 3.8) is 0 Å². The molecule has 2 aromatic heterocycles. The highest BCUT2D eigenvalue weighted by molar-refractivity contribution is 7.17. The molecule has 0 saturated carbocycles. The number of aromatic nitrogens is 2. The Morgan fingerprint density at radius 2 is 1.86 bits per heavy atom. The van der Waals surface area contributed by atoms with E-state index in [4.69, 9.17) is 9.97 Å². The molecule has 5 nitrogen and oxygen atoms in total. The van der Waals surface area contributed by atoms with Gasteiger partial charge in [-0.25, -0.2) is 9.97 Å². The van der Waals surface area contributed by atoms with Crippen LogP contribution < -0.4 is 4.90 Å². The molecule has 1 aliphatic carbocycles. The molecule has 2 aliphatic heterocycles. The Morgan fingerprint density at radius 1 is 1.06 bits per heavy atom. The number of rotatable bonds is 5. The maximum Gasteiger partial charge on any atom is 0.226 e. The van der Waals surface area contributed by atoms with Gasteiger partial charge in [-0.1, -0.05) is 30.4 Å². The maximum absolute atomic E-state index is 10.4. The summed E-state index contributed by atoms with van der Waals surface area (Å²) in [6, 6.07) is 6.65. The van der Waals surface area contributed by atoms with E-state index in [1.165, 1.54) is 46.2 Å². The van der Waals surface area contributed by atoms with Crippen LogP contribution in [0.4, 0.5) is 5.95 Å². The molecule has 0 bridgehead atoms. The Balaban J connectivity index is 1.38. The lowest BCUT2D eigenvalue weighted by molar-refractivity contribution is -0.0135. The molecule has 0 atom stereocenters. The highest BCUT2D eigenvalue weighted by atomic mass is 32.1. The topological polar surface area (TPSA) is 52.5 Å². The maximum atomic E-state index is 10.4. The molecule has 0 radical (unpaired) electrons. The first kappa shape index (κ1) is 23.1. The number of nitrogens with zero attached hydrogens (tertiary/aromatic N) is 4. The fourth-order valence-electron chi connectivity index (χ4n) is 6.02. The predicted octanol–water partition coefficient (Wildman–Crippen LogP) is 5.90. The normalized spacial score (nSPS) is 19.6. The van der Waals surface area contributed by atoms with Crippen molar-refractivity contribution in [3.05, 3.63) is 46.3 Å². The minimum atomic E-state index is -0.586. The number of hydrogen-bond acceptors (Lipinski definition) is 6. The molecule has 0 amide bonds. The van der Waals surface area contributed by atoms with Gasteiger partial charge in [-0.3, -0.25) is 4.90 Å². The van der Waals surface area contributed by atoms with E-state index in [9.17, 15) is 5.11 Å². The van der Waals surface area contributed by atoms with E-state index in [0.717, 1.165) is 69.1 Å². The highest BCUT2D eigenvalue weighted by Gasteiger charge is 2.31. The van der Waals surface area contributed by atoms with Crippen molar-refractivity contribution >= 4 is 33.6 Å². The molecule has 3 aromatic rings. The minimum Gasteiger partial charge on any atom is -0.390 e. The molecular weight excluding hydrogens is 452 g/mol. The molecule has 3 aliphatic rings. The second-order valence-electron chi connectivity index (χ2n) is 11.0. The number of allylic oxidation sites excluding steroid dienone is 1. The molecule has 6 rings (SSSR count). The molecule has 2 fully saturated rings. The molecule has 1 N–H and O–H groups in total. The Morgan fingerprint density at radius 3 is 2.63 bits per heavy atom. The highest BCUT2D eigenvalue weighted by Crippen LogP contribution is 2.39. The summed E-state index contributed by atoms with van der Waals surface area (Å²) < 4.78 is 1.21. The zero-order valence-electron chi connectivity index (χ0n) is 21.0. The summed E-state index contributed by atoms with van der Waals surface area (Å²) in [6.07, 6.45) is 11.4. The summed E-state index contributed by atoms with van der Waals surface area (Å²) in [7, 11) is 0. The first-order valence-corrected chi connectivity index (χ1v) is 14.1. The zero-order chi connectivity index (χ0) is 24.0. The average molecular weight is 489 g/mol. The van der Waals surface area contributed by atoms with Gasteiger partial charge in [0.2, 0.25) is 5.95 Å². The van der Waals surface area contributed by atoms with Gasteiger partial charge in [0.25, 0.3) is 0 Å². The van der Waals surface area contributed by atoms with Gasteiger partial charge in [0.05, 0.1) is 21.5 Å². The van der Waals surface area contributed by atoms with Crippen LogP contribution in [0.15, 0.2) is 29.7 Å². The van der Waals surface area contributed by atoms with Crippen molar-refractivity contribution in [3.8, 4) is 11.3 Å². The van der Waals surface area contributed by atoms with Gasteiger partial charge in [0.15, 0.2) is 0 Å². The lowest BCUT2D eigenvalue weighted by Crippen LogP contribution is -2.41. The Labute approximate surface area is 212 Å². The third-order valence-corrected chi connectivity index (χ3v) is 9.20. The van der Waals surface area contributed by atoms with E-state index in [-0.39, 0.29) is 0 Å². The molecular formula is C29H36N4OS. The van der Waals surface area contributed by atoms with Gasteiger partial charge in [-0.05, 0) is 87.9 Å². The largest absolute Gasteiger partial charge is 0.390 e. The number of piperidine rings is 2. The second-order valence-corrected chi connectivity index (χ2v) is 11.9. The van der Waals surface area contributed by atoms with Crippen LogP contribution in [0.1, 0.15) is 62.6 Å². The van der Waals surface area contributed by atoms with Crippen molar-refractivity contribution in [1.29, 1.82) is 0 Å². The summed E-state index contributed by atoms with van der Waals surface area (Å²) in [6.45, 7) is 8.97. The molecule has 4 heterocycles. The third-order valence-electron chi connectivity index (χ3n) is 8.17. The predicted molar refractivity (Wildman–Crippen MR) is 146 cm³/mol. The van der Waals surface area contributed by atoms with E-state index < -0.39 is 5.60 Å². The van der Waals surface area contributed by atoms with Crippen LogP contribution in [-0.4, -0.2) is 51.8 Å². The lowest BCUT2D eigenvalue weighted by Gasteiger charge is -2.37. The van der Waals surface area contributed by atoms with Gasteiger partial charge >= 0.3 is 0 Å². The molecule has 35 heavy (non-hydrogen) atoms.